The summed E-state index contributed by atoms with van der Waals surface area (Å²) in [6.07, 6.45) is 1.79. The summed E-state index contributed by atoms with van der Waals surface area (Å²) in [5.74, 6) is 0. The smallest absolute Gasteiger partial charge is 0.136 e. The molecule has 2 heterocycles. The molecule has 0 amide bonds. The lowest BCUT2D eigenvalue weighted by Crippen LogP contribution is -2.09. The fourth-order valence-corrected chi connectivity index (χ4v) is 7.92. The van der Waals surface area contributed by atoms with Crippen molar-refractivity contribution in [1.29, 1.82) is 0 Å². The highest BCUT2D eigenvalue weighted by molar-refractivity contribution is 7.94. The van der Waals surface area contributed by atoms with Crippen LogP contribution in [0.15, 0.2) is 170 Å². The van der Waals surface area contributed by atoms with Crippen LogP contribution < -0.4 is 0 Å². The van der Waals surface area contributed by atoms with Gasteiger partial charge in [-0.25, -0.2) is 4.21 Å². The van der Waals surface area contributed by atoms with Crippen molar-refractivity contribution in [1.82, 2.24) is 0 Å². The molecule has 7 aromatic rings. The lowest BCUT2D eigenvalue weighted by molar-refractivity contribution is 0.669. The molecule has 0 saturated carbocycles. The summed E-state index contributed by atoms with van der Waals surface area (Å²) in [6.45, 7) is 0. The van der Waals surface area contributed by atoms with E-state index in [1.807, 2.05) is 72.8 Å². The topological polar surface area (TPSA) is 42.6 Å². The first-order chi connectivity index (χ1) is 20.7. The number of rotatable bonds is 4. The van der Waals surface area contributed by atoms with Crippen molar-refractivity contribution in [2.24, 2.45) is 4.36 Å². The molecule has 6 aromatic carbocycles. The van der Waals surface area contributed by atoms with Gasteiger partial charge < -0.3 is 4.42 Å². The van der Waals surface area contributed by atoms with Gasteiger partial charge in [-0.1, -0.05) is 109 Å². The number of hydrogen-bond acceptors (Lipinski definition) is 3. The van der Waals surface area contributed by atoms with Crippen molar-refractivity contribution < 1.29 is 8.63 Å². The molecule has 0 bridgehead atoms. The standard InChI is InChI=1S/C38H25NO2S/c40-42(30-12-5-2-6-13-30)37-17-8-7-14-31(37)34(25-39-42)32-15-9-16-36-38(32)33-24-29(22-23-35(33)41-36)28-20-18-27(19-21-28)26-10-3-1-4-11-26/h1-25H. The van der Waals surface area contributed by atoms with Crippen molar-refractivity contribution in [3.05, 3.63) is 163 Å². The first-order valence-corrected chi connectivity index (χ1v) is 15.4. The Morgan fingerprint density at radius 1 is 0.524 bits per heavy atom. The van der Waals surface area contributed by atoms with E-state index in [9.17, 15) is 4.21 Å². The highest BCUT2D eigenvalue weighted by Gasteiger charge is 2.26. The highest BCUT2D eigenvalue weighted by Crippen LogP contribution is 2.42. The van der Waals surface area contributed by atoms with E-state index in [4.69, 9.17) is 8.78 Å². The molecule has 1 aromatic heterocycles. The molecule has 1 aliphatic rings. The predicted molar refractivity (Wildman–Crippen MR) is 172 cm³/mol. The molecular formula is C38H25NO2S. The van der Waals surface area contributed by atoms with Crippen molar-refractivity contribution >= 4 is 37.2 Å². The molecule has 4 heteroatoms. The number of fused-ring (bicyclic) bond motifs is 4. The zero-order valence-electron chi connectivity index (χ0n) is 22.6. The zero-order chi connectivity index (χ0) is 28.1. The monoisotopic (exact) mass is 559 g/mol. The first-order valence-electron chi connectivity index (χ1n) is 13.9. The third-order valence-corrected chi connectivity index (χ3v) is 10.2. The third-order valence-electron chi connectivity index (χ3n) is 7.98. The van der Waals surface area contributed by atoms with Crippen LogP contribution >= 0.6 is 0 Å². The van der Waals surface area contributed by atoms with E-state index < -0.39 is 9.73 Å². The minimum Gasteiger partial charge on any atom is -0.456 e. The van der Waals surface area contributed by atoms with Crippen LogP contribution in [-0.2, 0) is 9.73 Å². The Labute approximate surface area is 244 Å². The van der Waals surface area contributed by atoms with Gasteiger partial charge in [0.2, 0.25) is 0 Å². The van der Waals surface area contributed by atoms with E-state index in [1.54, 1.807) is 6.20 Å². The fraction of sp³-hybridized carbons (Fsp3) is 0. The Morgan fingerprint density at radius 3 is 1.93 bits per heavy atom. The van der Waals surface area contributed by atoms with E-state index in [-0.39, 0.29) is 0 Å². The fourth-order valence-electron chi connectivity index (χ4n) is 5.91. The van der Waals surface area contributed by atoms with Crippen LogP contribution in [0, 0.1) is 0 Å². The van der Waals surface area contributed by atoms with E-state index >= 15 is 0 Å². The zero-order valence-corrected chi connectivity index (χ0v) is 23.4. The minimum absolute atomic E-state index is 0.711. The molecular weight excluding hydrogens is 534 g/mol. The van der Waals surface area contributed by atoms with Gasteiger partial charge in [0.25, 0.3) is 0 Å². The van der Waals surface area contributed by atoms with Crippen molar-refractivity contribution in [3.63, 3.8) is 0 Å². The summed E-state index contributed by atoms with van der Waals surface area (Å²) >= 11 is 0. The molecule has 3 nitrogen and oxygen atoms in total. The highest BCUT2D eigenvalue weighted by atomic mass is 32.2. The van der Waals surface area contributed by atoms with E-state index in [0.717, 1.165) is 54.7 Å². The summed E-state index contributed by atoms with van der Waals surface area (Å²) < 4.78 is 25.4. The maximum atomic E-state index is 14.3. The van der Waals surface area contributed by atoms with Gasteiger partial charge in [-0.3, -0.25) is 0 Å². The summed E-state index contributed by atoms with van der Waals surface area (Å²) in [6, 6.07) is 49.0. The molecule has 0 N–H and O–H groups in total. The Kier molecular flexibility index (Phi) is 5.69. The predicted octanol–water partition coefficient (Wildman–Crippen LogP) is 10.2. The molecule has 42 heavy (non-hydrogen) atoms. The lowest BCUT2D eigenvalue weighted by Gasteiger charge is -2.21. The van der Waals surface area contributed by atoms with Crippen molar-refractivity contribution in [2.45, 2.75) is 9.79 Å². The second-order valence-corrected chi connectivity index (χ2v) is 12.6. The van der Waals surface area contributed by atoms with Crippen molar-refractivity contribution in [2.75, 3.05) is 0 Å². The van der Waals surface area contributed by atoms with Gasteiger partial charge in [-0.15, -0.1) is 0 Å². The Morgan fingerprint density at radius 2 is 1.14 bits per heavy atom. The number of nitrogens with zero attached hydrogens (tertiary/aromatic N) is 1. The summed E-state index contributed by atoms with van der Waals surface area (Å²) in [4.78, 5) is 1.44. The van der Waals surface area contributed by atoms with Gasteiger partial charge in [0, 0.05) is 28.1 Å². The van der Waals surface area contributed by atoms with Crippen LogP contribution in [0.25, 0.3) is 49.8 Å². The molecule has 200 valence electrons. The minimum atomic E-state index is -2.79. The van der Waals surface area contributed by atoms with Gasteiger partial charge in [0.15, 0.2) is 0 Å². The third kappa shape index (κ3) is 3.92. The van der Waals surface area contributed by atoms with Gasteiger partial charge in [0.1, 0.15) is 20.9 Å². The van der Waals surface area contributed by atoms with Gasteiger partial charge >= 0.3 is 0 Å². The quantitative estimate of drug-likeness (QED) is 0.215. The van der Waals surface area contributed by atoms with Gasteiger partial charge in [-0.05, 0) is 64.2 Å². The lowest BCUT2D eigenvalue weighted by atomic mass is 9.93. The van der Waals surface area contributed by atoms with Crippen LogP contribution in [0.5, 0.6) is 0 Å². The van der Waals surface area contributed by atoms with Crippen LogP contribution in [0.3, 0.4) is 0 Å². The molecule has 1 aliphatic heterocycles. The molecule has 1 unspecified atom stereocenters. The Balaban J connectivity index is 1.29. The van der Waals surface area contributed by atoms with E-state index in [0.29, 0.717) is 4.90 Å². The molecule has 0 aliphatic carbocycles. The SMILES string of the molecule is O=S1(c2ccccc2)=NC=C(c2cccc3oc4ccc(-c5ccc(-c6ccccc6)cc5)cc4c23)c2ccccc21. The number of hydrogen-bond donors (Lipinski definition) is 0. The molecule has 8 rings (SSSR count). The number of furan rings is 1. The van der Waals surface area contributed by atoms with Crippen LogP contribution in [-0.4, -0.2) is 4.21 Å². The summed E-state index contributed by atoms with van der Waals surface area (Å²) in [5, 5.41) is 2.07. The molecule has 0 saturated heterocycles. The van der Waals surface area contributed by atoms with Crippen LogP contribution in [0.4, 0.5) is 0 Å². The van der Waals surface area contributed by atoms with Crippen LogP contribution in [0.2, 0.25) is 0 Å². The van der Waals surface area contributed by atoms with Gasteiger partial charge in [-0.2, -0.15) is 4.36 Å². The van der Waals surface area contributed by atoms with E-state index in [2.05, 4.69) is 72.8 Å². The molecule has 0 radical (unpaired) electrons. The number of benzene rings is 6. The maximum Gasteiger partial charge on any atom is 0.136 e. The second-order valence-electron chi connectivity index (χ2n) is 10.4. The average molecular weight is 560 g/mol. The largest absolute Gasteiger partial charge is 0.456 e. The van der Waals surface area contributed by atoms with E-state index in [1.165, 1.54) is 11.1 Å². The summed E-state index contributed by atoms with van der Waals surface area (Å²) in [5.41, 5.74) is 9.17. The normalized spacial score (nSPS) is 16.1. The summed E-state index contributed by atoms with van der Waals surface area (Å²) in [7, 11) is -2.79. The molecule has 0 spiro atoms. The van der Waals surface area contributed by atoms with Gasteiger partial charge in [0.05, 0.1) is 9.79 Å². The maximum absolute atomic E-state index is 14.3. The average Bonchev–Trinajstić information content (AvgIpc) is 3.44. The Hall–Kier alpha value is -5.19. The Bertz CT molecular complexity index is 2270. The second kappa shape index (κ2) is 9.72. The van der Waals surface area contributed by atoms with Crippen molar-refractivity contribution in [3.8, 4) is 22.3 Å². The molecule has 1 atom stereocenters. The van der Waals surface area contributed by atoms with Crippen LogP contribution in [0.1, 0.15) is 11.1 Å². The first kappa shape index (κ1) is 24.6. The molecule has 0 fully saturated rings.